The minimum absolute atomic E-state index is 0.0205. The lowest BCUT2D eigenvalue weighted by Gasteiger charge is -2.23. The summed E-state index contributed by atoms with van der Waals surface area (Å²) in [6, 6.07) is 7.96. The van der Waals surface area contributed by atoms with Gasteiger partial charge in [0, 0.05) is 5.56 Å². The Balaban J connectivity index is 2.25. The lowest BCUT2D eigenvalue weighted by atomic mass is 9.86. The number of carbonyl (C=O) groups is 1. The molecule has 0 fully saturated rings. The lowest BCUT2D eigenvalue weighted by molar-refractivity contribution is 0.0699. The number of aryl methyl sites for hydroxylation is 1. The van der Waals surface area contributed by atoms with Crippen LogP contribution in [-0.4, -0.2) is 11.1 Å². The molecule has 2 aromatic rings. The van der Waals surface area contributed by atoms with E-state index in [-0.39, 0.29) is 12.0 Å². The molecule has 0 aliphatic carbocycles. The summed E-state index contributed by atoms with van der Waals surface area (Å²) in [7, 11) is 0. The third-order valence-corrected chi connectivity index (χ3v) is 4.21. The van der Waals surface area contributed by atoms with Gasteiger partial charge in [0.15, 0.2) is 0 Å². The highest BCUT2D eigenvalue weighted by atomic mass is 32.1. The van der Waals surface area contributed by atoms with Gasteiger partial charge in [-0.1, -0.05) is 32.9 Å². The molecular formula is C17H20O3S. The molecule has 1 aromatic heterocycles. The zero-order chi connectivity index (χ0) is 15.6. The summed E-state index contributed by atoms with van der Waals surface area (Å²) in [6.07, 6.45) is 0. The monoisotopic (exact) mass is 304 g/mol. The number of aromatic carboxylic acids is 1. The topological polar surface area (TPSA) is 46.5 Å². The van der Waals surface area contributed by atoms with Gasteiger partial charge in [-0.3, -0.25) is 0 Å². The Hall–Kier alpha value is -1.81. The van der Waals surface area contributed by atoms with E-state index in [0.29, 0.717) is 10.4 Å². The van der Waals surface area contributed by atoms with Crippen LogP contribution in [0.2, 0.25) is 0 Å². The molecule has 1 heterocycles. The number of hydrogen-bond acceptors (Lipinski definition) is 3. The standard InChI is InChI=1S/C17H20O3S/c1-11-5-6-13(17(2,3)4)14(9-11)20-10-12-7-8-21-15(12)16(18)19/h5-9H,10H2,1-4H3,(H,18,19). The molecule has 0 unspecified atom stereocenters. The van der Waals surface area contributed by atoms with Crippen molar-refractivity contribution in [2.45, 2.75) is 39.7 Å². The molecule has 21 heavy (non-hydrogen) atoms. The average Bonchev–Trinajstić information content (AvgIpc) is 2.83. The minimum Gasteiger partial charge on any atom is -0.489 e. The average molecular weight is 304 g/mol. The van der Waals surface area contributed by atoms with Gasteiger partial charge in [-0.15, -0.1) is 11.3 Å². The fraction of sp³-hybridized carbons (Fsp3) is 0.353. The Morgan fingerprint density at radius 2 is 2.00 bits per heavy atom. The van der Waals surface area contributed by atoms with Crippen molar-refractivity contribution in [3.8, 4) is 5.75 Å². The summed E-state index contributed by atoms with van der Waals surface area (Å²) in [6.45, 7) is 8.71. The molecule has 112 valence electrons. The molecule has 0 saturated carbocycles. The van der Waals surface area contributed by atoms with Gasteiger partial charge >= 0.3 is 5.97 Å². The first-order valence-electron chi connectivity index (χ1n) is 6.82. The molecule has 4 heteroatoms. The van der Waals surface area contributed by atoms with Gasteiger partial charge in [0.25, 0.3) is 0 Å². The lowest BCUT2D eigenvalue weighted by Crippen LogP contribution is -2.14. The first kappa shape index (κ1) is 15.6. The first-order valence-corrected chi connectivity index (χ1v) is 7.70. The number of carboxylic acids is 1. The second-order valence-electron chi connectivity index (χ2n) is 6.12. The summed E-state index contributed by atoms with van der Waals surface area (Å²) in [4.78, 5) is 11.5. The van der Waals surface area contributed by atoms with E-state index in [2.05, 4.69) is 32.9 Å². The normalized spacial score (nSPS) is 11.4. The number of thiophene rings is 1. The van der Waals surface area contributed by atoms with Gasteiger partial charge in [-0.2, -0.15) is 0 Å². The molecular weight excluding hydrogens is 284 g/mol. The molecule has 2 rings (SSSR count). The summed E-state index contributed by atoms with van der Waals surface area (Å²) in [5.41, 5.74) is 2.95. The third-order valence-electron chi connectivity index (χ3n) is 3.27. The first-order chi connectivity index (χ1) is 9.79. The maximum absolute atomic E-state index is 11.1. The zero-order valence-corrected chi connectivity index (χ0v) is 13.6. The Bertz CT molecular complexity index is 650. The highest BCUT2D eigenvalue weighted by Crippen LogP contribution is 2.33. The molecule has 0 amide bonds. The fourth-order valence-electron chi connectivity index (χ4n) is 2.16. The van der Waals surface area contributed by atoms with Gasteiger partial charge in [-0.05, 0) is 41.0 Å². The summed E-state index contributed by atoms with van der Waals surface area (Å²) >= 11 is 1.23. The van der Waals surface area contributed by atoms with Crippen LogP contribution in [0.1, 0.15) is 47.1 Å². The summed E-state index contributed by atoms with van der Waals surface area (Å²) in [5, 5.41) is 10.9. The smallest absolute Gasteiger partial charge is 0.346 e. The highest BCUT2D eigenvalue weighted by molar-refractivity contribution is 7.12. The van der Waals surface area contributed by atoms with Crippen LogP contribution < -0.4 is 4.74 Å². The van der Waals surface area contributed by atoms with Crippen LogP contribution in [0.4, 0.5) is 0 Å². The van der Waals surface area contributed by atoms with E-state index in [1.807, 2.05) is 13.0 Å². The number of hydrogen-bond donors (Lipinski definition) is 1. The van der Waals surface area contributed by atoms with Crippen LogP contribution >= 0.6 is 11.3 Å². The van der Waals surface area contributed by atoms with Crippen LogP contribution in [-0.2, 0) is 12.0 Å². The SMILES string of the molecule is Cc1ccc(C(C)(C)C)c(OCc2ccsc2C(=O)O)c1. The number of benzene rings is 1. The molecule has 1 aromatic carbocycles. The van der Waals surface area contributed by atoms with Crippen molar-refractivity contribution >= 4 is 17.3 Å². The maximum atomic E-state index is 11.1. The van der Waals surface area contributed by atoms with Crippen molar-refractivity contribution in [1.82, 2.24) is 0 Å². The molecule has 0 bridgehead atoms. The van der Waals surface area contributed by atoms with Crippen LogP contribution in [0.3, 0.4) is 0 Å². The van der Waals surface area contributed by atoms with Crippen LogP contribution in [0.5, 0.6) is 5.75 Å². The van der Waals surface area contributed by atoms with Crippen molar-refractivity contribution < 1.29 is 14.6 Å². The van der Waals surface area contributed by atoms with Gasteiger partial charge in [0.2, 0.25) is 0 Å². The Labute approximate surface area is 129 Å². The fourth-order valence-corrected chi connectivity index (χ4v) is 2.91. The van der Waals surface area contributed by atoms with Crippen molar-refractivity contribution in [2.24, 2.45) is 0 Å². The molecule has 0 saturated heterocycles. The Morgan fingerprint density at radius 1 is 1.29 bits per heavy atom. The van der Waals surface area contributed by atoms with Gasteiger partial charge in [-0.25, -0.2) is 4.79 Å². The predicted octanol–water partition coefficient (Wildman–Crippen LogP) is 4.63. The molecule has 1 N–H and O–H groups in total. The Morgan fingerprint density at radius 3 is 2.62 bits per heavy atom. The summed E-state index contributed by atoms with van der Waals surface area (Å²) < 4.78 is 5.92. The molecule has 0 aliphatic heterocycles. The zero-order valence-electron chi connectivity index (χ0n) is 12.8. The largest absolute Gasteiger partial charge is 0.489 e. The summed E-state index contributed by atoms with van der Waals surface area (Å²) in [5.74, 6) is -0.0751. The van der Waals surface area contributed by atoms with Gasteiger partial charge in [0.05, 0.1) is 0 Å². The van der Waals surface area contributed by atoms with E-state index in [0.717, 1.165) is 16.9 Å². The minimum atomic E-state index is -0.899. The van der Waals surface area contributed by atoms with E-state index in [1.54, 1.807) is 11.4 Å². The molecule has 0 spiro atoms. The highest BCUT2D eigenvalue weighted by Gasteiger charge is 2.20. The van der Waals surface area contributed by atoms with E-state index in [9.17, 15) is 4.79 Å². The maximum Gasteiger partial charge on any atom is 0.346 e. The number of rotatable bonds is 4. The van der Waals surface area contributed by atoms with Gasteiger partial charge < -0.3 is 9.84 Å². The van der Waals surface area contributed by atoms with E-state index >= 15 is 0 Å². The molecule has 3 nitrogen and oxygen atoms in total. The Kier molecular flexibility index (Phi) is 4.37. The van der Waals surface area contributed by atoms with Gasteiger partial charge in [0.1, 0.15) is 17.2 Å². The quantitative estimate of drug-likeness (QED) is 0.895. The number of carboxylic acid groups (broad SMARTS) is 1. The van der Waals surface area contributed by atoms with E-state index in [1.165, 1.54) is 11.3 Å². The van der Waals surface area contributed by atoms with E-state index in [4.69, 9.17) is 9.84 Å². The molecule has 0 atom stereocenters. The van der Waals surface area contributed by atoms with E-state index < -0.39 is 5.97 Å². The predicted molar refractivity (Wildman–Crippen MR) is 85.5 cm³/mol. The number of ether oxygens (including phenoxy) is 1. The van der Waals surface area contributed by atoms with Crippen molar-refractivity contribution in [1.29, 1.82) is 0 Å². The molecule has 0 aliphatic rings. The van der Waals surface area contributed by atoms with Crippen LogP contribution in [0.15, 0.2) is 29.6 Å². The second-order valence-corrected chi connectivity index (χ2v) is 7.03. The van der Waals surface area contributed by atoms with Crippen LogP contribution in [0, 0.1) is 6.92 Å². The van der Waals surface area contributed by atoms with Crippen molar-refractivity contribution in [3.63, 3.8) is 0 Å². The third kappa shape index (κ3) is 3.64. The second kappa shape index (κ2) is 5.90. The molecule has 0 radical (unpaired) electrons. The van der Waals surface area contributed by atoms with Crippen molar-refractivity contribution in [2.75, 3.05) is 0 Å². The van der Waals surface area contributed by atoms with Crippen LogP contribution in [0.25, 0.3) is 0 Å². The van der Waals surface area contributed by atoms with Crippen molar-refractivity contribution in [3.05, 3.63) is 51.2 Å².